The van der Waals surface area contributed by atoms with Crippen molar-refractivity contribution in [1.82, 2.24) is 52.7 Å². The minimum Gasteiger partial charge on any atom is -0.537 e. The topological polar surface area (TPSA) is 229 Å². The normalized spacial score (nSPS) is 12.5. The summed E-state index contributed by atoms with van der Waals surface area (Å²) in [6.07, 6.45) is 25.1. The maximum absolute atomic E-state index is 10.1. The number of carbonyl (C=O) groups is 1. The van der Waals surface area contributed by atoms with Crippen LogP contribution in [0.2, 0.25) is 0 Å². The molecule has 0 bridgehead atoms. The number of aliphatic hydroxyl groups excluding tert-OH is 2. The third-order valence-electron chi connectivity index (χ3n) is 25.4. The van der Waals surface area contributed by atoms with Crippen LogP contribution in [0.4, 0.5) is 11.4 Å². The second-order valence-electron chi connectivity index (χ2n) is 34.9. The molecular weight excluding hydrogens is 2750 g/mol. The van der Waals surface area contributed by atoms with Crippen molar-refractivity contribution in [2.24, 2.45) is 0 Å². The monoisotopic (exact) mass is 2860 g/mol. The number of anilines is 2. The number of pyridine rings is 1. The third-order valence-corrected chi connectivity index (χ3v) is 29.3. The van der Waals surface area contributed by atoms with Crippen molar-refractivity contribution in [3.63, 3.8) is 0 Å². The van der Waals surface area contributed by atoms with Gasteiger partial charge in [0, 0.05) is 214 Å². The van der Waals surface area contributed by atoms with Crippen LogP contribution in [0.5, 0.6) is 28.7 Å². The van der Waals surface area contributed by atoms with E-state index in [0.717, 1.165) is 151 Å². The Bertz CT molecular complexity index is 7140. The predicted octanol–water partition coefficient (Wildman–Crippen LogP) is 24.6. The fourth-order valence-corrected chi connectivity index (χ4v) is 22.4. The number of hydrogen-bond donors (Lipinski definition) is 3. The van der Waals surface area contributed by atoms with Crippen LogP contribution in [0.25, 0.3) is 85.4 Å². The van der Waals surface area contributed by atoms with Crippen LogP contribution in [0.15, 0.2) is 241 Å². The van der Waals surface area contributed by atoms with E-state index in [9.17, 15) is 15.0 Å². The Labute approximate surface area is 923 Å². The van der Waals surface area contributed by atoms with Gasteiger partial charge in [0.15, 0.2) is 6.73 Å². The van der Waals surface area contributed by atoms with Crippen LogP contribution >= 0.6 is 35.3 Å². The molecule has 11 aromatic carbocycles. The Kier molecular flexibility index (Phi) is 39.6. The Balaban J connectivity index is 0.000000156. The van der Waals surface area contributed by atoms with Gasteiger partial charge in [0.2, 0.25) is 0 Å². The van der Waals surface area contributed by atoms with E-state index in [4.69, 9.17) is 28.8 Å². The first-order valence-corrected chi connectivity index (χ1v) is 49.5. The van der Waals surface area contributed by atoms with Crippen molar-refractivity contribution in [2.45, 2.75) is 151 Å². The molecular formula is C115H111Ir5N12O9S3-5. The Morgan fingerprint density at radius 1 is 0.389 bits per heavy atom. The molecule has 5 aliphatic heterocycles. The fourth-order valence-electron chi connectivity index (χ4n) is 18.9. The van der Waals surface area contributed by atoms with Crippen LogP contribution in [0, 0.1) is 127 Å². The quantitative estimate of drug-likeness (QED) is 0.0810. The van der Waals surface area contributed by atoms with Gasteiger partial charge in [-0.1, -0.05) is 131 Å². The molecule has 0 saturated carbocycles. The van der Waals surface area contributed by atoms with Crippen molar-refractivity contribution >= 4 is 52.6 Å². The molecule has 21 nitrogen and oxygen atoms in total. The number of aromatic nitrogens is 11. The van der Waals surface area contributed by atoms with E-state index in [2.05, 4.69) is 241 Å². The zero-order valence-electron chi connectivity index (χ0n) is 82.6. The van der Waals surface area contributed by atoms with Crippen LogP contribution in [-0.2, 0) is 127 Å². The number of nitrogens with zero attached hydrogens (tertiary/aromatic N) is 12. The summed E-state index contributed by atoms with van der Waals surface area (Å²) in [4.78, 5) is 43.0. The fraction of sp³-hybridized carbons (Fsp3) is 0.243. The molecule has 0 atom stereocenters. The van der Waals surface area contributed by atoms with Gasteiger partial charge < -0.3 is 66.7 Å². The van der Waals surface area contributed by atoms with Crippen LogP contribution in [0.3, 0.4) is 0 Å². The standard InChI is InChI=1S/C26H24N3O2.C22H23N2O2.C21H21N2O.C20H19N2O2S.C20H19N2S2.C6H5NO2.5Ir/c1-17-13-18(2)24(19(3)14-17)28-12-11-27-26(28)22-5-4-6-23-25(22)31-16-29(23)21-9-7-20(15-30)8-10-21;1-13-14(2)16(4)20(17(5)15(13)3)24-10-9-23-22(24)18-7-6-8-19-21(18)26-12-11-25-19;1-14-12-15(2)19(16(3)13-14)23-10-9-22-21(23)18-8-4-6-17-7-5-11-24-20(17)18;1-24-18-12-14(13-23)7-8-17(18)22-10-9-21-20(22)16-6-2-4-15-5-3-11-25-19(15)16;1-13-11-14(2)18(15(3)12-13)22-8-7-21-20(22)16-5-4-6-17-19(16)24-10-9-23-17;8-6(9)5-3-1-2-4-7-5;;;;;/h4,6-14,30H,15-16H2,1-3H3;6,8-10H,11-12H2,1-5H3;4,6,9-10,12-13H,5,7,11H2,1-3H3;2,4,7-10,12,23H,3,5,11,13H2,1H3;4,6-8,11-12H,9-10H2,1-3H3;1-4H,(H,8,9);;;;;/q5*-1;;;;;;. The maximum atomic E-state index is 10.1. The summed E-state index contributed by atoms with van der Waals surface area (Å²) < 4.78 is 39.9. The van der Waals surface area contributed by atoms with Gasteiger partial charge in [0.1, 0.15) is 24.7 Å². The zero-order chi connectivity index (χ0) is 97.2. The molecule has 22 rings (SSSR count). The van der Waals surface area contributed by atoms with Gasteiger partial charge in [0.05, 0.1) is 79.0 Å². The molecule has 5 aliphatic rings. The summed E-state index contributed by atoms with van der Waals surface area (Å²) in [7, 11) is 1.64. The van der Waals surface area contributed by atoms with Crippen molar-refractivity contribution in [3.8, 4) is 114 Å². The van der Waals surface area contributed by atoms with Crippen molar-refractivity contribution in [2.75, 3.05) is 55.8 Å². The van der Waals surface area contributed by atoms with Crippen molar-refractivity contribution in [3.05, 3.63) is 362 Å². The number of fused-ring (bicyclic) bond motifs is 5. The van der Waals surface area contributed by atoms with E-state index in [0.29, 0.717) is 25.7 Å². The number of thioether (sulfide) groups is 3. The van der Waals surface area contributed by atoms with Crippen molar-refractivity contribution < 1.29 is 144 Å². The number of ether oxygens (including phenoxy) is 5. The van der Waals surface area contributed by atoms with Gasteiger partial charge in [-0.3, -0.25) is 24.9 Å². The minimum absolute atomic E-state index is 0. The van der Waals surface area contributed by atoms with E-state index in [1.165, 1.54) is 145 Å². The third kappa shape index (κ3) is 24.2. The van der Waals surface area contributed by atoms with Crippen LogP contribution in [0.1, 0.15) is 123 Å². The molecule has 29 heteroatoms. The molecule has 0 unspecified atom stereocenters. The second-order valence-corrected chi connectivity index (χ2v) is 38.2. The number of aliphatic hydroxyl groups is 2. The number of benzene rings is 11. The number of rotatable bonds is 15. The van der Waals surface area contributed by atoms with Crippen LogP contribution in [-0.4, -0.2) is 125 Å². The summed E-state index contributed by atoms with van der Waals surface area (Å²) in [5.41, 5.74) is 34.7. The summed E-state index contributed by atoms with van der Waals surface area (Å²) in [6.45, 7) is 32.5. The molecule has 0 aliphatic carbocycles. The number of aromatic carboxylic acids is 1. The van der Waals surface area contributed by atoms with Gasteiger partial charge in [-0.2, -0.15) is 23.5 Å². The minimum atomic E-state index is -0.990. The van der Waals surface area contributed by atoms with Gasteiger partial charge in [-0.05, 0) is 243 Å². The molecule has 0 fully saturated rings. The van der Waals surface area contributed by atoms with Gasteiger partial charge >= 0.3 is 5.97 Å². The molecule has 0 spiro atoms. The molecule has 5 radical (unpaired) electrons. The van der Waals surface area contributed by atoms with E-state index in [1.54, 1.807) is 25.4 Å². The second kappa shape index (κ2) is 51.0. The summed E-state index contributed by atoms with van der Waals surface area (Å²) in [6, 6.07) is 68.6. The number of hydrogen-bond acceptors (Lipinski definition) is 18. The van der Waals surface area contributed by atoms with Gasteiger partial charge in [-0.25, -0.2) is 9.78 Å². The van der Waals surface area contributed by atoms with Gasteiger partial charge in [-0.15, -0.1) is 102 Å². The zero-order valence-corrected chi connectivity index (χ0v) is 97.0. The molecule has 17 aromatic rings. The van der Waals surface area contributed by atoms with E-state index >= 15 is 0 Å². The molecule has 11 heterocycles. The first-order valence-electron chi connectivity index (χ1n) is 46.5. The van der Waals surface area contributed by atoms with E-state index in [-0.39, 0.29) is 119 Å². The molecule has 753 valence electrons. The maximum Gasteiger partial charge on any atom is 0.354 e. The Hall–Kier alpha value is -10.9. The van der Waals surface area contributed by atoms with Crippen molar-refractivity contribution in [1.29, 1.82) is 0 Å². The first-order chi connectivity index (χ1) is 67.5. The summed E-state index contributed by atoms with van der Waals surface area (Å²) >= 11 is 5.74. The smallest absolute Gasteiger partial charge is 0.354 e. The molecule has 0 saturated heterocycles. The molecule has 6 aromatic heterocycles. The average Bonchev–Trinajstić information content (AvgIpc) is 1.43. The number of imidazole rings is 5. The molecule has 0 amide bonds. The first kappa shape index (κ1) is 112. The Morgan fingerprint density at radius 3 is 1.35 bits per heavy atom. The van der Waals surface area contributed by atoms with Crippen LogP contribution < -0.4 is 28.6 Å². The molecule has 144 heavy (non-hydrogen) atoms. The number of methoxy groups -OCH3 is 1. The summed E-state index contributed by atoms with van der Waals surface area (Å²) in [5.74, 6) is 10.7. The summed E-state index contributed by atoms with van der Waals surface area (Å²) in [5, 5.41) is 27.0. The molecule has 3 N–H and O–H groups in total. The average molecular weight is 2860 g/mol. The SMILES string of the molecule is COc1cc(CO)ccc1-n1ccnc1-c1[c-]ccc2c1SCCC2.Cc1c(C)c(C)c(-n2ccnc2-c2[c-]ccc3c2OCCO3)c(C)c1C.Cc1cc(C)c(-n2ccnc2-c2[c-]ccc3c2OCCC3)c(C)c1.Cc1cc(C)c(-n2ccnc2-c2[c-]ccc3c2OCN3c2ccc(CO)cc2)c(C)c1.Cc1cc(C)c(-n2ccnc2-c2[c-]ccc3c2SCCS3)c(C)c1.O=C(O)c1ccccn1.[Ir].[Ir].[Ir].[Ir].[Ir]. The van der Waals surface area contributed by atoms with E-state index < -0.39 is 5.97 Å². The van der Waals surface area contributed by atoms with Gasteiger partial charge in [0.25, 0.3) is 0 Å². The number of carboxylic acid groups (broad SMARTS) is 1. The Morgan fingerprint density at radius 2 is 0.826 bits per heavy atom. The predicted molar refractivity (Wildman–Crippen MR) is 554 cm³/mol. The number of carboxylic acids is 1. The number of aryl methyl sites for hydroxylation is 11. The van der Waals surface area contributed by atoms with E-state index in [1.807, 2.05) is 174 Å². The largest absolute Gasteiger partial charge is 0.537 e.